The first-order chi connectivity index (χ1) is 9.87. The fourth-order valence-corrected chi connectivity index (χ4v) is 1.72. The highest BCUT2D eigenvalue weighted by Crippen LogP contribution is 2.24. The van der Waals surface area contributed by atoms with Crippen LogP contribution < -0.4 is 4.74 Å². The van der Waals surface area contributed by atoms with Gasteiger partial charge in [0.15, 0.2) is 0 Å². The molecule has 1 N–H and O–H groups in total. The number of halogens is 3. The molecule has 5 nitrogen and oxygen atoms in total. The SMILES string of the molecule is O=C(O)c1ccc2c(OCCCC(F)(F)F)ncnc2c1. The van der Waals surface area contributed by atoms with Crippen molar-refractivity contribution in [3.8, 4) is 5.88 Å². The second-order valence-electron chi connectivity index (χ2n) is 4.28. The third-order valence-corrected chi connectivity index (χ3v) is 2.69. The summed E-state index contributed by atoms with van der Waals surface area (Å²) >= 11 is 0. The molecule has 0 radical (unpaired) electrons. The van der Waals surface area contributed by atoms with E-state index < -0.39 is 18.6 Å². The summed E-state index contributed by atoms with van der Waals surface area (Å²) in [6, 6.07) is 4.18. The minimum absolute atomic E-state index is 0.0595. The van der Waals surface area contributed by atoms with Gasteiger partial charge in [-0.15, -0.1) is 0 Å². The van der Waals surface area contributed by atoms with E-state index in [4.69, 9.17) is 9.84 Å². The molecule has 21 heavy (non-hydrogen) atoms. The minimum atomic E-state index is -4.21. The molecule has 0 bridgehead atoms. The Labute approximate surface area is 117 Å². The van der Waals surface area contributed by atoms with Crippen LogP contribution >= 0.6 is 0 Å². The van der Waals surface area contributed by atoms with Crippen LogP contribution in [0.2, 0.25) is 0 Å². The lowest BCUT2D eigenvalue weighted by atomic mass is 10.1. The van der Waals surface area contributed by atoms with E-state index in [0.29, 0.717) is 10.9 Å². The molecule has 0 amide bonds. The van der Waals surface area contributed by atoms with E-state index in [9.17, 15) is 18.0 Å². The number of nitrogens with zero attached hydrogens (tertiary/aromatic N) is 2. The fourth-order valence-electron chi connectivity index (χ4n) is 1.72. The van der Waals surface area contributed by atoms with E-state index >= 15 is 0 Å². The number of carboxylic acids is 1. The summed E-state index contributed by atoms with van der Waals surface area (Å²) in [6.07, 6.45) is -4.15. The van der Waals surface area contributed by atoms with Gasteiger partial charge in [-0.1, -0.05) is 0 Å². The van der Waals surface area contributed by atoms with Crippen LogP contribution in [0.1, 0.15) is 23.2 Å². The predicted molar refractivity (Wildman–Crippen MR) is 67.3 cm³/mol. The first kappa shape index (κ1) is 15.0. The normalized spacial score (nSPS) is 11.6. The van der Waals surface area contributed by atoms with Crippen LogP contribution in [-0.2, 0) is 0 Å². The van der Waals surface area contributed by atoms with Gasteiger partial charge in [0.05, 0.1) is 23.1 Å². The molecular weight excluding hydrogens is 289 g/mol. The average Bonchev–Trinajstić information content (AvgIpc) is 2.42. The average molecular weight is 300 g/mol. The minimum Gasteiger partial charge on any atom is -0.478 e. The Hall–Kier alpha value is -2.38. The highest BCUT2D eigenvalue weighted by atomic mass is 19.4. The summed E-state index contributed by atoms with van der Waals surface area (Å²) in [4.78, 5) is 18.6. The molecule has 112 valence electrons. The van der Waals surface area contributed by atoms with Crippen LogP contribution in [-0.4, -0.2) is 33.8 Å². The zero-order chi connectivity index (χ0) is 15.5. The van der Waals surface area contributed by atoms with E-state index in [2.05, 4.69) is 9.97 Å². The highest BCUT2D eigenvalue weighted by Gasteiger charge is 2.26. The van der Waals surface area contributed by atoms with Crippen molar-refractivity contribution in [2.24, 2.45) is 0 Å². The van der Waals surface area contributed by atoms with E-state index in [1.807, 2.05) is 0 Å². The Bertz CT molecular complexity index is 659. The lowest BCUT2D eigenvalue weighted by Gasteiger charge is -2.09. The topological polar surface area (TPSA) is 72.3 Å². The number of ether oxygens (including phenoxy) is 1. The Morgan fingerprint density at radius 2 is 2.05 bits per heavy atom. The van der Waals surface area contributed by atoms with Crippen molar-refractivity contribution >= 4 is 16.9 Å². The van der Waals surface area contributed by atoms with Crippen molar-refractivity contribution in [1.29, 1.82) is 0 Å². The van der Waals surface area contributed by atoms with Gasteiger partial charge in [0.2, 0.25) is 5.88 Å². The number of rotatable bonds is 5. The van der Waals surface area contributed by atoms with Crippen LogP contribution in [0.15, 0.2) is 24.5 Å². The van der Waals surface area contributed by atoms with Crippen LogP contribution in [0.4, 0.5) is 13.2 Å². The molecular formula is C13H11F3N2O3. The predicted octanol–water partition coefficient (Wildman–Crippen LogP) is 3.05. The first-order valence-corrected chi connectivity index (χ1v) is 6.04. The molecule has 0 unspecified atom stereocenters. The second-order valence-corrected chi connectivity index (χ2v) is 4.28. The number of carbonyl (C=O) groups is 1. The Morgan fingerprint density at radius 3 is 2.71 bits per heavy atom. The van der Waals surface area contributed by atoms with Gasteiger partial charge in [0.25, 0.3) is 0 Å². The Morgan fingerprint density at radius 1 is 1.29 bits per heavy atom. The number of aromatic nitrogens is 2. The van der Waals surface area contributed by atoms with Gasteiger partial charge < -0.3 is 9.84 Å². The summed E-state index contributed by atoms with van der Waals surface area (Å²) in [5, 5.41) is 9.34. The quantitative estimate of drug-likeness (QED) is 0.859. The van der Waals surface area contributed by atoms with Crippen LogP contribution in [0, 0.1) is 0 Å². The van der Waals surface area contributed by atoms with Crippen molar-refractivity contribution in [3.05, 3.63) is 30.1 Å². The summed E-state index contributed by atoms with van der Waals surface area (Å²) in [7, 11) is 0. The van der Waals surface area contributed by atoms with Crippen molar-refractivity contribution in [2.45, 2.75) is 19.0 Å². The van der Waals surface area contributed by atoms with Gasteiger partial charge in [0.1, 0.15) is 6.33 Å². The van der Waals surface area contributed by atoms with Gasteiger partial charge in [-0.3, -0.25) is 0 Å². The monoisotopic (exact) mass is 300 g/mol. The Kier molecular flexibility index (Phi) is 4.25. The molecule has 0 aliphatic carbocycles. The van der Waals surface area contributed by atoms with Crippen molar-refractivity contribution in [2.75, 3.05) is 6.61 Å². The molecule has 1 aromatic carbocycles. The zero-order valence-corrected chi connectivity index (χ0v) is 10.7. The van der Waals surface area contributed by atoms with Crippen LogP contribution in [0.5, 0.6) is 5.88 Å². The van der Waals surface area contributed by atoms with E-state index in [1.165, 1.54) is 24.5 Å². The summed E-state index contributed by atoms with van der Waals surface area (Å²) in [6.45, 7) is -0.133. The lowest BCUT2D eigenvalue weighted by molar-refractivity contribution is -0.136. The molecule has 0 saturated carbocycles. The largest absolute Gasteiger partial charge is 0.478 e. The van der Waals surface area contributed by atoms with Gasteiger partial charge in [-0.25, -0.2) is 14.8 Å². The van der Waals surface area contributed by atoms with Crippen LogP contribution in [0.3, 0.4) is 0 Å². The van der Waals surface area contributed by atoms with Gasteiger partial charge in [0, 0.05) is 6.42 Å². The van der Waals surface area contributed by atoms with E-state index in [0.717, 1.165) is 0 Å². The molecule has 1 aromatic heterocycles. The maximum atomic E-state index is 12.0. The van der Waals surface area contributed by atoms with Gasteiger partial charge in [-0.2, -0.15) is 13.2 Å². The van der Waals surface area contributed by atoms with Gasteiger partial charge in [-0.05, 0) is 24.6 Å². The number of carboxylic acid groups (broad SMARTS) is 1. The number of aromatic carboxylic acids is 1. The van der Waals surface area contributed by atoms with Crippen LogP contribution in [0.25, 0.3) is 10.9 Å². The highest BCUT2D eigenvalue weighted by molar-refractivity contribution is 5.94. The third kappa shape index (κ3) is 4.04. The zero-order valence-electron chi connectivity index (χ0n) is 10.7. The second kappa shape index (κ2) is 5.94. The third-order valence-electron chi connectivity index (χ3n) is 2.69. The molecule has 0 aliphatic rings. The fraction of sp³-hybridized carbons (Fsp3) is 0.308. The molecule has 0 spiro atoms. The molecule has 0 fully saturated rings. The Balaban J connectivity index is 2.12. The number of hydrogen-bond donors (Lipinski definition) is 1. The summed E-state index contributed by atoms with van der Waals surface area (Å²) < 4.78 is 41.3. The lowest BCUT2D eigenvalue weighted by Crippen LogP contribution is -2.10. The molecule has 0 atom stereocenters. The molecule has 1 heterocycles. The van der Waals surface area contributed by atoms with Crippen molar-refractivity contribution < 1.29 is 27.8 Å². The van der Waals surface area contributed by atoms with Crippen molar-refractivity contribution in [1.82, 2.24) is 9.97 Å². The maximum absolute atomic E-state index is 12.0. The number of alkyl halides is 3. The molecule has 2 rings (SSSR count). The molecule has 2 aromatic rings. The smallest absolute Gasteiger partial charge is 0.389 e. The molecule has 0 aliphatic heterocycles. The van der Waals surface area contributed by atoms with E-state index in [1.54, 1.807) is 0 Å². The molecule has 8 heteroatoms. The summed E-state index contributed by atoms with van der Waals surface area (Å²) in [5.74, 6) is -0.956. The van der Waals surface area contributed by atoms with Crippen molar-refractivity contribution in [3.63, 3.8) is 0 Å². The van der Waals surface area contributed by atoms with E-state index in [-0.39, 0.29) is 24.5 Å². The standard InChI is InChI=1S/C13H11F3N2O3/c14-13(15,16)4-1-5-21-11-9-3-2-8(12(19)20)6-10(9)17-7-18-11/h2-3,6-7H,1,4-5H2,(H,19,20). The number of hydrogen-bond acceptors (Lipinski definition) is 4. The van der Waals surface area contributed by atoms with Gasteiger partial charge >= 0.3 is 12.1 Å². The first-order valence-electron chi connectivity index (χ1n) is 6.04. The number of benzene rings is 1. The number of fused-ring (bicyclic) bond motifs is 1. The maximum Gasteiger partial charge on any atom is 0.389 e. The molecule has 0 saturated heterocycles. The summed E-state index contributed by atoms with van der Waals surface area (Å²) in [5.41, 5.74) is 0.417.